The van der Waals surface area contributed by atoms with Gasteiger partial charge in [0, 0.05) is 55.0 Å². The van der Waals surface area contributed by atoms with Crippen LogP contribution < -0.4 is 0 Å². The Morgan fingerprint density at radius 3 is 2.25 bits per heavy atom. The second-order valence-corrected chi connectivity index (χ2v) is 18.5. The molecule has 0 amide bonds. The van der Waals surface area contributed by atoms with Crippen molar-refractivity contribution in [2.75, 3.05) is 0 Å². The van der Waals surface area contributed by atoms with Gasteiger partial charge >= 0.3 is 0 Å². The second kappa shape index (κ2) is 14.6. The number of phenols is 1. The van der Waals surface area contributed by atoms with E-state index >= 15 is 0 Å². The summed E-state index contributed by atoms with van der Waals surface area (Å²) in [5, 5.41) is 16.0. The van der Waals surface area contributed by atoms with Crippen molar-refractivity contribution in [1.29, 1.82) is 0 Å². The first kappa shape index (κ1) is 40.4. The Balaban J connectivity index is 0.00000476. The number of imidazole rings is 1. The van der Waals surface area contributed by atoms with Gasteiger partial charge in [-0.15, -0.1) is 12.1 Å². The number of rotatable bonds is 5. The van der Waals surface area contributed by atoms with E-state index < -0.39 is 0 Å². The normalized spacial score (nSPS) is 12.4. The maximum atomic E-state index is 12.3. The molecule has 0 atom stereocenters. The molecule has 0 aliphatic rings. The van der Waals surface area contributed by atoms with Crippen LogP contribution in [0.25, 0.3) is 94.5 Å². The number of aromatic hydroxyl groups is 1. The van der Waals surface area contributed by atoms with Gasteiger partial charge in [-0.3, -0.25) is 9.55 Å². The maximum absolute atomic E-state index is 12.3. The summed E-state index contributed by atoms with van der Waals surface area (Å²) < 4.78 is 14.9. The number of hydrogen-bond donors (Lipinski definition) is 1. The molecule has 5 aromatic heterocycles. The van der Waals surface area contributed by atoms with Gasteiger partial charge in [0.2, 0.25) is 5.71 Å². The molecule has 308 valence electrons. The molecular weight excluding hydrogens is 936 g/mol. The molecule has 0 saturated heterocycles. The summed E-state index contributed by atoms with van der Waals surface area (Å²) in [6.45, 7) is 19.5. The molecule has 0 aliphatic heterocycles. The van der Waals surface area contributed by atoms with Crippen LogP contribution in [0.3, 0.4) is 0 Å². The number of aryl methyl sites for hydroxylation is 1. The first-order chi connectivity index (χ1) is 28.6. The molecule has 0 bridgehead atoms. The molecule has 5 aromatic carbocycles. The van der Waals surface area contributed by atoms with Gasteiger partial charge in [-0.1, -0.05) is 109 Å². The summed E-state index contributed by atoms with van der Waals surface area (Å²) in [6.07, 6.45) is 1.84. The number of hydrogen-bond acceptors (Lipinski definition) is 6. The van der Waals surface area contributed by atoms with Crippen LogP contribution in [0.1, 0.15) is 83.7 Å². The van der Waals surface area contributed by atoms with Gasteiger partial charge < -0.3 is 13.9 Å². The molecule has 0 unspecified atom stereocenters. The number of pyridine rings is 2. The van der Waals surface area contributed by atoms with Gasteiger partial charge in [-0.05, 0) is 106 Å². The van der Waals surface area contributed by atoms with Gasteiger partial charge in [0.1, 0.15) is 17.2 Å². The van der Waals surface area contributed by atoms with Crippen LogP contribution in [-0.4, -0.2) is 24.6 Å². The van der Waals surface area contributed by atoms with Crippen molar-refractivity contribution in [3.05, 3.63) is 138 Å². The molecule has 0 aliphatic carbocycles. The number of benzene rings is 5. The van der Waals surface area contributed by atoms with E-state index in [1.54, 1.807) is 0 Å². The Bertz CT molecular complexity index is 3360. The summed E-state index contributed by atoms with van der Waals surface area (Å²) in [5.74, 6) is 1.16. The predicted octanol–water partition coefficient (Wildman–Crippen LogP) is 14.1. The van der Waals surface area contributed by atoms with E-state index in [0.29, 0.717) is 28.3 Å². The van der Waals surface area contributed by atoms with Gasteiger partial charge in [-0.2, -0.15) is 0 Å². The van der Waals surface area contributed by atoms with Crippen molar-refractivity contribution in [3.63, 3.8) is 0 Å². The van der Waals surface area contributed by atoms with Gasteiger partial charge in [-0.25, -0.2) is 9.97 Å². The van der Waals surface area contributed by atoms with Crippen molar-refractivity contribution in [3.8, 4) is 45.2 Å². The molecule has 0 spiro atoms. The summed E-state index contributed by atoms with van der Waals surface area (Å²) in [4.78, 5) is 14.9. The van der Waals surface area contributed by atoms with Gasteiger partial charge in [0.05, 0.1) is 33.5 Å². The van der Waals surface area contributed by atoms with Crippen LogP contribution in [0.15, 0.2) is 118 Å². The third-order valence-electron chi connectivity index (χ3n) is 11.8. The summed E-state index contributed by atoms with van der Waals surface area (Å²) >= 11 is 0. The maximum Gasteiger partial charge on any atom is 0.227 e. The topological polar surface area (TPSA) is 90.1 Å². The third kappa shape index (κ3) is 6.74. The average Bonchev–Trinajstić information content (AvgIpc) is 3.90. The predicted molar refractivity (Wildman–Crippen MR) is 244 cm³/mol. The number of nitrogens with zero attached hydrogens (tertiary/aromatic N) is 4. The largest absolute Gasteiger partial charge is 0.507 e. The SMILES string of the molecule is Cc1ccc2c(n1)oc1cc(-c3ccnc(-c4[c-]c5c(cc4)oc4ccc6c(nc(-c7cc(C(C)(C)C)cc(C(C)(C)C)c7O)n6-c6ccccc6C(C)C)c45)c3)ccc12.[Pt]. The smallest absolute Gasteiger partial charge is 0.227 e. The first-order valence-corrected chi connectivity index (χ1v) is 20.7. The van der Waals surface area contributed by atoms with Crippen molar-refractivity contribution >= 4 is 55.0 Å². The van der Waals surface area contributed by atoms with E-state index in [0.717, 1.165) is 83.1 Å². The third-order valence-corrected chi connectivity index (χ3v) is 11.8. The molecule has 8 heteroatoms. The molecule has 10 rings (SSSR count). The van der Waals surface area contributed by atoms with Crippen molar-refractivity contribution < 1.29 is 35.0 Å². The molecule has 10 aromatic rings. The second-order valence-electron chi connectivity index (χ2n) is 18.5. The van der Waals surface area contributed by atoms with Crippen LogP contribution in [-0.2, 0) is 31.9 Å². The van der Waals surface area contributed by atoms with Crippen molar-refractivity contribution in [2.24, 2.45) is 0 Å². The minimum absolute atomic E-state index is 0. The summed E-state index contributed by atoms with van der Waals surface area (Å²) in [7, 11) is 0. The number of aromatic nitrogens is 4. The van der Waals surface area contributed by atoms with E-state index in [1.807, 2.05) is 43.5 Å². The average molecular weight is 983 g/mol. The molecule has 0 fully saturated rings. The zero-order valence-corrected chi connectivity index (χ0v) is 38.1. The van der Waals surface area contributed by atoms with Crippen LogP contribution in [0, 0.1) is 13.0 Å². The molecular formula is C53H47N4O3Pt-. The zero-order valence-electron chi connectivity index (χ0n) is 35.8. The molecule has 0 radical (unpaired) electrons. The molecule has 61 heavy (non-hydrogen) atoms. The molecule has 1 N–H and O–H groups in total. The quantitative estimate of drug-likeness (QED) is 0.173. The Kier molecular flexibility index (Phi) is 9.63. The van der Waals surface area contributed by atoms with E-state index in [2.05, 4.69) is 144 Å². The number of furan rings is 2. The molecule has 0 saturated carbocycles. The van der Waals surface area contributed by atoms with Crippen molar-refractivity contribution in [2.45, 2.75) is 79.1 Å². The van der Waals surface area contributed by atoms with E-state index in [-0.39, 0.29) is 43.6 Å². The van der Waals surface area contributed by atoms with Crippen molar-refractivity contribution in [1.82, 2.24) is 19.5 Å². The minimum atomic E-state index is -0.311. The zero-order chi connectivity index (χ0) is 41.8. The fourth-order valence-electron chi connectivity index (χ4n) is 8.57. The van der Waals surface area contributed by atoms with E-state index in [1.165, 1.54) is 5.56 Å². The Labute approximate surface area is 369 Å². The van der Waals surface area contributed by atoms with Crippen LogP contribution in [0.5, 0.6) is 5.75 Å². The van der Waals surface area contributed by atoms with Gasteiger partial charge in [0.25, 0.3) is 0 Å². The molecule has 7 nitrogen and oxygen atoms in total. The number of para-hydroxylation sites is 1. The monoisotopic (exact) mass is 982 g/mol. The Hall–Kier alpha value is -6.04. The standard InChI is InChI=1S/C53H47N4O3.Pt/c1-29(2)35-12-10-11-13-42(35)57-43-19-21-45-47(48(43)56-50(57)39-27-34(52(4,5)6)28-40(49(39)58)53(7,8)9)38-24-33(16-20-44(38)59-45)41-25-32(22-23-54-41)31-15-18-36-37-17-14-30(3)55-51(37)60-46(36)26-31;/h10-23,25-29,58H,1-9H3;/q-1;. The first-order valence-electron chi connectivity index (χ1n) is 20.7. The van der Waals surface area contributed by atoms with Crippen LogP contribution in [0.2, 0.25) is 0 Å². The Morgan fingerprint density at radius 2 is 1.48 bits per heavy atom. The fraction of sp³-hybridized carbons (Fsp3) is 0.226. The van der Waals surface area contributed by atoms with Crippen LogP contribution >= 0.6 is 0 Å². The number of phenolic OH excluding ortho intramolecular Hbond substituents is 1. The van der Waals surface area contributed by atoms with E-state index in [9.17, 15) is 5.11 Å². The van der Waals surface area contributed by atoms with E-state index in [4.69, 9.17) is 18.8 Å². The Morgan fingerprint density at radius 1 is 0.721 bits per heavy atom. The van der Waals surface area contributed by atoms with Gasteiger partial charge in [0.15, 0.2) is 0 Å². The number of fused-ring (bicyclic) bond motifs is 8. The summed E-state index contributed by atoms with van der Waals surface area (Å²) in [5.41, 5.74) is 13.6. The fourth-order valence-corrected chi connectivity index (χ4v) is 8.57. The molecule has 5 heterocycles. The van der Waals surface area contributed by atoms with Crippen LogP contribution in [0.4, 0.5) is 0 Å². The summed E-state index contributed by atoms with van der Waals surface area (Å²) in [6, 6.07) is 39.1. The minimum Gasteiger partial charge on any atom is -0.507 e.